The van der Waals surface area contributed by atoms with Crippen LogP contribution in [-0.2, 0) is 25.8 Å². The van der Waals surface area contributed by atoms with Gasteiger partial charge in [0.05, 0.1) is 31.4 Å². The molecule has 0 spiro atoms. The van der Waals surface area contributed by atoms with Crippen LogP contribution >= 0.6 is 23.2 Å². The summed E-state index contributed by atoms with van der Waals surface area (Å²) in [6.07, 6.45) is 13.8. The Morgan fingerprint density at radius 2 is 0.758 bits per heavy atom. The molecule has 1 unspecified atom stereocenters. The predicted molar refractivity (Wildman–Crippen MR) is 541 cm³/mol. The van der Waals surface area contributed by atoms with Gasteiger partial charge in [-0.3, -0.25) is 4.98 Å². The number of aromatic nitrogens is 1. The molecule has 2 fully saturated rings. The third-order valence-corrected chi connectivity index (χ3v) is 21.2. The summed E-state index contributed by atoms with van der Waals surface area (Å²) in [7, 11) is 5.08. The molecule has 0 amide bonds. The summed E-state index contributed by atoms with van der Waals surface area (Å²) >= 11 is 11.7. The summed E-state index contributed by atoms with van der Waals surface area (Å²) in [6, 6.07) is 70.9. The smallest absolute Gasteiger partial charge is 0.119 e. The van der Waals surface area contributed by atoms with Crippen molar-refractivity contribution in [2.45, 2.75) is 301 Å². The largest absolute Gasteiger partial charge is 0.497 e. The van der Waals surface area contributed by atoms with E-state index in [4.69, 9.17) is 37.4 Å². The second-order valence-corrected chi connectivity index (χ2v) is 36.6. The average Bonchev–Trinajstić information content (AvgIpc) is 1.29. The van der Waals surface area contributed by atoms with Crippen molar-refractivity contribution in [3.05, 3.63) is 261 Å². The van der Waals surface area contributed by atoms with E-state index in [0.29, 0.717) is 94.4 Å². The molecule has 2 saturated heterocycles. The van der Waals surface area contributed by atoms with Gasteiger partial charge in [-0.05, 0) is 221 Å². The number of hydrogen-bond donors (Lipinski definition) is 9. The SMILES string of the molecule is CC(C)NC(CN1CCCC1)c1ccccc1.CC(C)NCCN1CCCCC1.CC(C)NCCc1ccc(Cl)c(Cl)c1.CC(C)NCCc1cccnc1.CC(C)NC[C@@H](C)c1ccccc1.CC(C)NCc1ccc(C(C)C)cc1.COc1ccc([C@H](C)NC(C)C)cc1.COc1cccc(CCNC(C)C)c1.COc1cccc([C@H](C)NC(C)C)c1. The van der Waals surface area contributed by atoms with Crippen LogP contribution < -0.4 is 62.1 Å². The summed E-state index contributed by atoms with van der Waals surface area (Å²) in [4.78, 5) is 9.20. The summed E-state index contributed by atoms with van der Waals surface area (Å²) in [5, 5.41) is 32.3. The van der Waals surface area contributed by atoms with E-state index in [1.54, 1.807) is 27.5 Å². The lowest BCUT2D eigenvalue weighted by Crippen LogP contribution is -2.37. The minimum absolute atomic E-state index is 0.366. The van der Waals surface area contributed by atoms with Gasteiger partial charge in [0.2, 0.25) is 0 Å². The van der Waals surface area contributed by atoms with Crippen molar-refractivity contribution < 1.29 is 14.2 Å². The fourth-order valence-electron chi connectivity index (χ4n) is 13.5. The molecule has 10 rings (SSSR count). The lowest BCUT2D eigenvalue weighted by Gasteiger charge is -2.26. The third-order valence-electron chi connectivity index (χ3n) is 20.5. The molecule has 0 aliphatic carbocycles. The summed E-state index contributed by atoms with van der Waals surface area (Å²) in [6.45, 7) is 63.8. The number of piperidine rings is 1. The van der Waals surface area contributed by atoms with Gasteiger partial charge in [0.15, 0.2) is 0 Å². The first-order valence-corrected chi connectivity index (χ1v) is 47.5. The second kappa shape index (κ2) is 69.3. The fourth-order valence-corrected chi connectivity index (χ4v) is 13.8. The number of methoxy groups -OCH3 is 3. The first-order chi connectivity index (χ1) is 59.2. The number of hydrogen-bond acceptors (Lipinski definition) is 15. The molecule has 8 aromatic rings. The molecular weight excluding hydrogens is 1570 g/mol. The molecule has 17 heteroatoms. The van der Waals surface area contributed by atoms with E-state index in [2.05, 4.69) is 349 Å². The van der Waals surface area contributed by atoms with Gasteiger partial charge >= 0.3 is 0 Å². The Kier molecular flexibility index (Phi) is 63.3. The van der Waals surface area contributed by atoms with Gasteiger partial charge in [-0.2, -0.15) is 0 Å². The number of ether oxygens (including phenoxy) is 3. The lowest BCUT2D eigenvalue weighted by molar-refractivity contribution is 0.227. The highest BCUT2D eigenvalue weighted by Crippen LogP contribution is 2.25. The number of nitrogens with zero attached hydrogens (tertiary/aromatic N) is 3. The van der Waals surface area contributed by atoms with Crippen molar-refractivity contribution in [2.75, 3.05) is 93.3 Å². The maximum Gasteiger partial charge on any atom is 0.119 e. The topological polar surface area (TPSA) is 155 Å². The van der Waals surface area contributed by atoms with E-state index in [1.807, 2.05) is 66.9 Å². The zero-order valence-corrected chi connectivity index (χ0v) is 83.6. The highest BCUT2D eigenvalue weighted by atomic mass is 35.5. The summed E-state index contributed by atoms with van der Waals surface area (Å²) < 4.78 is 15.5. The highest BCUT2D eigenvalue weighted by Gasteiger charge is 2.20. The van der Waals surface area contributed by atoms with Crippen LogP contribution in [-0.4, -0.2) is 162 Å². The Bertz CT molecular complexity index is 3800. The van der Waals surface area contributed by atoms with Crippen LogP contribution in [0.4, 0.5) is 0 Å². The monoisotopic (exact) mass is 1750 g/mol. The first kappa shape index (κ1) is 113. The van der Waals surface area contributed by atoms with Gasteiger partial charge in [-0.15, -0.1) is 0 Å². The number of nitrogens with one attached hydrogen (secondary N) is 9. The number of rotatable bonds is 38. The lowest BCUT2D eigenvalue weighted by atomic mass is 10.0. The Balaban J connectivity index is 0.000000473. The Morgan fingerprint density at radius 1 is 0.331 bits per heavy atom. The summed E-state index contributed by atoms with van der Waals surface area (Å²) in [5.41, 5.74) is 12.0. The molecule has 9 N–H and O–H groups in total. The molecule has 1 aromatic heterocycles. The number of pyridine rings is 1. The first-order valence-electron chi connectivity index (χ1n) is 46.8. The van der Waals surface area contributed by atoms with Crippen LogP contribution in [0.15, 0.2) is 200 Å². The third kappa shape index (κ3) is 57.8. The van der Waals surface area contributed by atoms with Crippen molar-refractivity contribution in [1.82, 2.24) is 62.6 Å². The normalized spacial score (nSPS) is 13.6. The van der Waals surface area contributed by atoms with Gasteiger partial charge in [-0.25, -0.2) is 0 Å². The number of halogens is 2. The minimum Gasteiger partial charge on any atom is -0.497 e. The molecule has 3 heterocycles. The standard InChI is InChI=1S/C15H24N2.C13H21N.3C12H19NO.C12H19N.C11H15Cl2N.C10H16N2.C10H22N2/c1-13(2)16-15(12-17-10-6-7-11-17)14-8-4-3-5-9-14;1-10(2)13-7-5-12(6-8-13)9-14-11(3)4;1-9(2)13-10(3)11-5-7-12(14-4)8-6-11;1-9(2)13-10(3)11-6-5-7-12(8-11)14-4;1-10(2)13-8-7-11-5-4-6-12(9-11)14-3;1-10(2)13-9-11(3)12-7-5-4-6-8-12;1-8(2)14-6-5-9-3-4-10(12)11(13)7-9;1-9(2)12-7-5-10-4-3-6-11-8-10;1-10(2)11-6-9-12-7-4-3-5-8-12/h3-5,8-9,13,15-16H,6-7,10-12H2,1-2H3;5-8,10-11,14H,9H2,1-4H3;2*5-10,13H,1-4H3;4-6,9-10,13H,7-8H2,1-3H3;4-8,10-11,13H,9H2,1-3H3;3-4,7-8,14H,5-6H2,1-2H3;3-4,6,8-9,12H,5,7H2,1-2H3;10-11H,3-9H2,1-2H3/t;;2*10-;;11-;;;/m..00.1.../s1. The quantitative estimate of drug-likeness (QED) is 0.0180. The maximum absolute atomic E-state index is 5.90. The Morgan fingerprint density at radius 3 is 1.23 bits per heavy atom. The number of benzene rings is 7. The fraction of sp³-hybridized carbons (Fsp3) is 0.561. The van der Waals surface area contributed by atoms with Gasteiger partial charge < -0.3 is 71.9 Å². The minimum atomic E-state index is 0.366. The van der Waals surface area contributed by atoms with Crippen LogP contribution in [0.3, 0.4) is 0 Å². The summed E-state index contributed by atoms with van der Waals surface area (Å²) in [5.74, 6) is 3.99. The van der Waals surface area contributed by atoms with Gasteiger partial charge in [0.25, 0.3) is 0 Å². The predicted octanol–water partition coefficient (Wildman–Crippen LogP) is 23.3. The molecule has 0 radical (unpaired) electrons. The molecule has 2 aliphatic rings. The zero-order valence-electron chi connectivity index (χ0n) is 82.1. The van der Waals surface area contributed by atoms with Crippen LogP contribution in [0.5, 0.6) is 17.2 Å². The Hall–Kier alpha value is -6.77. The van der Waals surface area contributed by atoms with E-state index >= 15 is 0 Å². The van der Waals surface area contributed by atoms with Crippen molar-refractivity contribution >= 4 is 23.2 Å². The van der Waals surface area contributed by atoms with E-state index < -0.39 is 0 Å². The molecule has 0 bridgehead atoms. The maximum atomic E-state index is 5.90. The molecule has 2 aliphatic heterocycles. The van der Waals surface area contributed by atoms with E-state index in [9.17, 15) is 0 Å². The van der Waals surface area contributed by atoms with E-state index in [-0.39, 0.29) is 0 Å². The molecular formula is C107H174Cl2N12O3. The average molecular weight is 1750 g/mol. The van der Waals surface area contributed by atoms with E-state index in [1.165, 1.54) is 115 Å². The van der Waals surface area contributed by atoms with Crippen LogP contribution in [0.1, 0.15) is 271 Å². The Labute approximate surface area is 767 Å². The van der Waals surface area contributed by atoms with E-state index in [0.717, 1.165) is 82.3 Å². The van der Waals surface area contributed by atoms with Gasteiger partial charge in [0, 0.05) is 118 Å². The molecule has 694 valence electrons. The van der Waals surface area contributed by atoms with Crippen molar-refractivity contribution in [2.24, 2.45) is 0 Å². The van der Waals surface area contributed by atoms with Crippen molar-refractivity contribution in [1.29, 1.82) is 0 Å². The molecule has 0 saturated carbocycles. The zero-order chi connectivity index (χ0) is 92.0. The second-order valence-electron chi connectivity index (χ2n) is 35.8. The molecule has 7 aromatic carbocycles. The molecule has 4 atom stereocenters. The van der Waals surface area contributed by atoms with Crippen LogP contribution in [0.25, 0.3) is 0 Å². The van der Waals surface area contributed by atoms with Crippen molar-refractivity contribution in [3.8, 4) is 17.2 Å². The highest BCUT2D eigenvalue weighted by molar-refractivity contribution is 6.42. The van der Waals surface area contributed by atoms with Gasteiger partial charge in [0.1, 0.15) is 17.2 Å². The van der Waals surface area contributed by atoms with Crippen molar-refractivity contribution in [3.63, 3.8) is 0 Å². The van der Waals surface area contributed by atoms with Crippen LogP contribution in [0.2, 0.25) is 10.0 Å². The van der Waals surface area contributed by atoms with Crippen LogP contribution in [0, 0.1) is 0 Å². The molecule has 124 heavy (non-hydrogen) atoms. The van der Waals surface area contributed by atoms with Gasteiger partial charge in [-0.1, -0.05) is 308 Å². The number of likely N-dealkylation sites (tertiary alicyclic amines) is 2. The molecule has 15 nitrogen and oxygen atoms in total.